The van der Waals surface area contributed by atoms with E-state index in [0.717, 1.165) is 24.3 Å². The molecule has 0 bridgehead atoms. The van der Waals surface area contributed by atoms with Gasteiger partial charge in [-0.25, -0.2) is 4.79 Å². The fraction of sp³-hybridized carbons (Fsp3) is 0.588. The van der Waals surface area contributed by atoms with Crippen LogP contribution in [0.3, 0.4) is 0 Å². The van der Waals surface area contributed by atoms with Crippen LogP contribution >= 0.6 is 11.6 Å². The van der Waals surface area contributed by atoms with Crippen LogP contribution in [0.1, 0.15) is 40.5 Å². The minimum atomic E-state index is -0.478. The second-order valence-corrected chi connectivity index (χ2v) is 6.63. The number of anilines is 1. The number of ether oxygens (including phenoxy) is 2. The van der Waals surface area contributed by atoms with E-state index in [2.05, 4.69) is 17.6 Å². The first kappa shape index (κ1) is 19.4. The molecule has 0 fully saturated rings. The molecule has 1 aromatic carbocycles. The van der Waals surface area contributed by atoms with Gasteiger partial charge in [-0.1, -0.05) is 18.5 Å². The molecule has 0 aromatic heterocycles. The maximum absolute atomic E-state index is 11.5. The van der Waals surface area contributed by atoms with E-state index in [9.17, 15) is 4.79 Å². The Morgan fingerprint density at radius 2 is 2.00 bits per heavy atom. The Balaban J connectivity index is 2.35. The van der Waals surface area contributed by atoms with Gasteiger partial charge in [0.1, 0.15) is 11.4 Å². The number of hydrogen-bond acceptors (Lipinski definition) is 4. The van der Waals surface area contributed by atoms with Crippen molar-refractivity contribution < 1.29 is 14.3 Å². The van der Waals surface area contributed by atoms with Gasteiger partial charge in [-0.15, -0.1) is 0 Å². The third-order valence-electron chi connectivity index (χ3n) is 2.74. The molecule has 1 aromatic rings. The zero-order valence-electron chi connectivity index (χ0n) is 14.4. The maximum atomic E-state index is 11.5. The summed E-state index contributed by atoms with van der Waals surface area (Å²) in [5, 5.41) is 6.67. The van der Waals surface area contributed by atoms with Gasteiger partial charge in [0.15, 0.2) is 0 Å². The Hall–Kier alpha value is -1.62. The molecular formula is C17H27ClN2O3. The van der Waals surface area contributed by atoms with Crippen LogP contribution in [0, 0.1) is 0 Å². The molecule has 0 atom stereocenters. The first-order valence-corrected chi connectivity index (χ1v) is 8.32. The summed E-state index contributed by atoms with van der Waals surface area (Å²) in [5.74, 6) is 0.788. The maximum Gasteiger partial charge on any atom is 0.407 e. The molecule has 6 heteroatoms. The van der Waals surface area contributed by atoms with Crippen LogP contribution in [0.25, 0.3) is 0 Å². The largest absolute Gasteiger partial charge is 0.491 e. The highest BCUT2D eigenvalue weighted by Crippen LogP contribution is 2.28. The van der Waals surface area contributed by atoms with E-state index < -0.39 is 11.7 Å². The van der Waals surface area contributed by atoms with Gasteiger partial charge in [-0.2, -0.15) is 0 Å². The molecule has 0 aliphatic rings. The molecule has 130 valence electrons. The number of benzene rings is 1. The summed E-state index contributed by atoms with van der Waals surface area (Å²) in [6.07, 6.45) is 1.31. The summed E-state index contributed by atoms with van der Waals surface area (Å²) in [5.41, 5.74) is 0.387. The van der Waals surface area contributed by atoms with E-state index in [1.54, 1.807) is 0 Å². The topological polar surface area (TPSA) is 59.6 Å². The van der Waals surface area contributed by atoms with Gasteiger partial charge in [-0.3, -0.25) is 0 Å². The number of nitrogens with one attached hydrogen (secondary N) is 2. The summed E-state index contributed by atoms with van der Waals surface area (Å²) in [6, 6.07) is 5.51. The van der Waals surface area contributed by atoms with Gasteiger partial charge < -0.3 is 20.1 Å². The highest BCUT2D eigenvalue weighted by atomic mass is 35.5. The third-order valence-corrected chi connectivity index (χ3v) is 2.98. The molecule has 0 heterocycles. The lowest BCUT2D eigenvalue weighted by atomic mass is 10.2. The third kappa shape index (κ3) is 8.55. The van der Waals surface area contributed by atoms with Gasteiger partial charge in [0.05, 0.1) is 12.3 Å². The quantitative estimate of drug-likeness (QED) is 0.685. The Bertz CT molecular complexity index is 501. The first-order valence-electron chi connectivity index (χ1n) is 7.95. The van der Waals surface area contributed by atoms with Gasteiger partial charge in [0.25, 0.3) is 0 Å². The van der Waals surface area contributed by atoms with Crippen molar-refractivity contribution in [3.05, 3.63) is 23.2 Å². The van der Waals surface area contributed by atoms with Gasteiger partial charge >= 0.3 is 6.09 Å². The van der Waals surface area contributed by atoms with Crippen molar-refractivity contribution in [3.63, 3.8) is 0 Å². The number of halogens is 1. The molecule has 0 saturated heterocycles. The second kappa shape index (κ2) is 9.50. The lowest BCUT2D eigenvalue weighted by Crippen LogP contribution is -2.33. The summed E-state index contributed by atoms with van der Waals surface area (Å²) < 4.78 is 10.9. The zero-order valence-corrected chi connectivity index (χ0v) is 15.1. The van der Waals surface area contributed by atoms with E-state index in [-0.39, 0.29) is 0 Å². The van der Waals surface area contributed by atoms with Gasteiger partial charge in [0, 0.05) is 18.1 Å². The predicted octanol–water partition coefficient (Wildman–Crippen LogP) is 4.46. The molecule has 5 nitrogen and oxygen atoms in total. The molecular weight excluding hydrogens is 316 g/mol. The highest BCUT2D eigenvalue weighted by Gasteiger charge is 2.15. The van der Waals surface area contributed by atoms with Crippen LogP contribution in [0.4, 0.5) is 10.5 Å². The molecule has 1 rings (SSSR count). The Labute approximate surface area is 143 Å². The smallest absolute Gasteiger partial charge is 0.407 e. The minimum Gasteiger partial charge on any atom is -0.491 e. The van der Waals surface area contributed by atoms with Crippen LogP contribution in [0.2, 0.25) is 5.02 Å². The van der Waals surface area contributed by atoms with E-state index in [4.69, 9.17) is 21.1 Å². The monoisotopic (exact) mass is 342 g/mol. The summed E-state index contributed by atoms with van der Waals surface area (Å²) >= 11 is 6.02. The SMILES string of the molecule is CCCOc1ccc(Cl)cc1NCCCNC(=O)OC(C)(C)C. The van der Waals surface area contributed by atoms with E-state index in [0.29, 0.717) is 24.7 Å². The normalized spacial score (nSPS) is 11.0. The van der Waals surface area contributed by atoms with Crippen molar-refractivity contribution in [1.29, 1.82) is 0 Å². The van der Waals surface area contributed by atoms with Crippen LogP contribution in [0.15, 0.2) is 18.2 Å². The molecule has 0 aliphatic heterocycles. The minimum absolute atomic E-state index is 0.396. The highest BCUT2D eigenvalue weighted by molar-refractivity contribution is 6.30. The lowest BCUT2D eigenvalue weighted by Gasteiger charge is -2.19. The molecule has 0 unspecified atom stereocenters. The summed E-state index contributed by atoms with van der Waals surface area (Å²) in [7, 11) is 0. The average molecular weight is 343 g/mol. The number of carbonyl (C=O) groups excluding carboxylic acids is 1. The van der Waals surface area contributed by atoms with Gasteiger partial charge in [-0.05, 0) is 51.8 Å². The molecule has 2 N–H and O–H groups in total. The standard InChI is InChI=1S/C17H27ClN2O3/c1-5-11-22-15-8-7-13(18)12-14(15)19-9-6-10-20-16(21)23-17(2,3)4/h7-8,12,19H,5-6,9-11H2,1-4H3,(H,20,21). The summed E-state index contributed by atoms with van der Waals surface area (Å²) in [6.45, 7) is 9.47. The van der Waals surface area contributed by atoms with Gasteiger partial charge in [0.2, 0.25) is 0 Å². The van der Waals surface area contributed by atoms with Crippen molar-refractivity contribution in [1.82, 2.24) is 5.32 Å². The van der Waals surface area contributed by atoms with Crippen molar-refractivity contribution in [2.45, 2.75) is 46.1 Å². The number of hydrogen-bond donors (Lipinski definition) is 2. The molecule has 0 aliphatic carbocycles. The van der Waals surface area contributed by atoms with Crippen LogP contribution in [-0.4, -0.2) is 31.4 Å². The van der Waals surface area contributed by atoms with E-state index in [1.807, 2.05) is 39.0 Å². The predicted molar refractivity (Wildman–Crippen MR) is 94.6 cm³/mol. The van der Waals surface area contributed by atoms with Crippen molar-refractivity contribution in [2.75, 3.05) is 25.0 Å². The molecule has 0 radical (unpaired) electrons. The number of carbonyl (C=O) groups is 1. The van der Waals surface area contributed by atoms with E-state index in [1.165, 1.54) is 0 Å². The number of alkyl carbamates (subject to hydrolysis) is 1. The molecule has 23 heavy (non-hydrogen) atoms. The van der Waals surface area contributed by atoms with Crippen molar-refractivity contribution >= 4 is 23.4 Å². The van der Waals surface area contributed by atoms with Crippen molar-refractivity contribution in [2.24, 2.45) is 0 Å². The Morgan fingerprint density at radius 1 is 1.26 bits per heavy atom. The lowest BCUT2D eigenvalue weighted by molar-refractivity contribution is 0.0528. The fourth-order valence-corrected chi connectivity index (χ4v) is 1.97. The van der Waals surface area contributed by atoms with Crippen LogP contribution in [0.5, 0.6) is 5.75 Å². The Kier molecular flexibility index (Phi) is 8.03. The van der Waals surface area contributed by atoms with E-state index >= 15 is 0 Å². The van der Waals surface area contributed by atoms with Crippen molar-refractivity contribution in [3.8, 4) is 5.75 Å². The Morgan fingerprint density at radius 3 is 2.65 bits per heavy atom. The number of rotatable bonds is 8. The fourth-order valence-electron chi connectivity index (χ4n) is 1.79. The molecule has 1 amide bonds. The molecule has 0 saturated carbocycles. The van der Waals surface area contributed by atoms with Crippen LogP contribution in [-0.2, 0) is 4.74 Å². The zero-order chi connectivity index (χ0) is 17.3. The van der Waals surface area contributed by atoms with Crippen LogP contribution < -0.4 is 15.4 Å². The average Bonchev–Trinajstić information content (AvgIpc) is 2.44. The first-order chi connectivity index (χ1) is 10.8. The molecule has 0 spiro atoms. The summed E-state index contributed by atoms with van der Waals surface area (Å²) in [4.78, 5) is 11.5. The second-order valence-electron chi connectivity index (χ2n) is 6.20. The number of amides is 1.